The van der Waals surface area contributed by atoms with Gasteiger partial charge in [0.25, 0.3) is 11.6 Å². The monoisotopic (exact) mass is 332 g/mol. The van der Waals surface area contributed by atoms with Gasteiger partial charge >= 0.3 is 0 Å². The molecule has 24 heavy (non-hydrogen) atoms. The predicted molar refractivity (Wildman–Crippen MR) is 83.7 cm³/mol. The topological polar surface area (TPSA) is 117 Å². The average Bonchev–Trinajstić information content (AvgIpc) is 2.60. The van der Waals surface area contributed by atoms with E-state index in [4.69, 9.17) is 0 Å². The van der Waals surface area contributed by atoms with Crippen LogP contribution in [-0.2, 0) is 11.3 Å². The van der Waals surface area contributed by atoms with E-state index in [1.807, 2.05) is 6.07 Å². The first-order valence-corrected chi connectivity index (χ1v) is 7.28. The van der Waals surface area contributed by atoms with Gasteiger partial charge in [0.2, 0.25) is 6.54 Å². The fourth-order valence-corrected chi connectivity index (χ4v) is 2.21. The van der Waals surface area contributed by atoms with Crippen molar-refractivity contribution in [3.63, 3.8) is 0 Å². The molecule has 2 rings (SSSR count). The van der Waals surface area contributed by atoms with Gasteiger partial charge in [0, 0.05) is 24.3 Å². The second kappa shape index (κ2) is 8.14. The predicted octanol–water partition coefficient (Wildman–Crippen LogP) is 0.0930. The lowest BCUT2D eigenvalue weighted by Crippen LogP contribution is -2.48. The van der Waals surface area contributed by atoms with Crippen LogP contribution in [0.2, 0.25) is 0 Å². The molecule has 3 N–H and O–H groups in total. The molecule has 0 unspecified atom stereocenters. The molecule has 0 saturated carbocycles. The summed E-state index contributed by atoms with van der Waals surface area (Å²) in [4.78, 5) is 22.1. The van der Waals surface area contributed by atoms with Crippen LogP contribution in [0.15, 0.2) is 54.9 Å². The van der Waals surface area contributed by atoms with E-state index < -0.39 is 23.7 Å². The number of benzene rings is 1. The van der Waals surface area contributed by atoms with Crippen LogP contribution in [0, 0.1) is 10.1 Å². The fraction of sp³-hybridized carbons (Fsp3) is 0.250. The van der Waals surface area contributed by atoms with Gasteiger partial charge in [-0.3, -0.25) is 14.9 Å². The third-order valence-electron chi connectivity index (χ3n) is 3.47. The number of non-ortho nitro benzene ring substituents is 1. The summed E-state index contributed by atoms with van der Waals surface area (Å²) >= 11 is 0. The normalized spacial score (nSPS) is 13.1. The van der Waals surface area contributed by atoms with Gasteiger partial charge in [-0.25, -0.2) is 0 Å². The molecular formula is C16H18N3O5+. The van der Waals surface area contributed by atoms with Crippen LogP contribution in [0.1, 0.15) is 11.7 Å². The molecule has 1 aromatic heterocycles. The zero-order chi connectivity index (χ0) is 17.5. The Balaban J connectivity index is 2.01. The highest BCUT2D eigenvalue weighted by Gasteiger charge is 2.24. The van der Waals surface area contributed by atoms with Crippen LogP contribution in [-0.4, -0.2) is 33.7 Å². The molecule has 0 aliphatic heterocycles. The third-order valence-corrected chi connectivity index (χ3v) is 3.47. The molecule has 2 aromatic rings. The zero-order valence-corrected chi connectivity index (χ0v) is 12.8. The number of hydrogen-bond acceptors (Lipinski definition) is 5. The maximum atomic E-state index is 12.0. The van der Waals surface area contributed by atoms with E-state index in [-0.39, 0.29) is 18.1 Å². The average molecular weight is 332 g/mol. The number of nitro benzene ring substituents is 1. The standard InChI is InChI=1S/C16H17N3O5/c20-11-14(17-15(21)10-18-8-2-1-3-9-18)16(22)12-4-6-13(7-5-12)19(23)24/h1-9,14,16,20,22H,10-11H2/p+1/t14-,16-/m1/s1. The largest absolute Gasteiger partial charge is 0.394 e. The Morgan fingerprint density at radius 2 is 1.83 bits per heavy atom. The summed E-state index contributed by atoms with van der Waals surface area (Å²) in [6.45, 7) is -0.423. The fourth-order valence-electron chi connectivity index (χ4n) is 2.21. The molecule has 8 heteroatoms. The van der Waals surface area contributed by atoms with Crippen molar-refractivity contribution in [2.75, 3.05) is 6.61 Å². The highest BCUT2D eigenvalue weighted by Crippen LogP contribution is 2.20. The molecule has 0 saturated heterocycles. The van der Waals surface area contributed by atoms with Gasteiger partial charge in [-0.2, -0.15) is 4.57 Å². The second-order valence-corrected chi connectivity index (χ2v) is 5.20. The maximum absolute atomic E-state index is 12.0. The molecule has 1 amide bonds. The van der Waals surface area contributed by atoms with Crippen molar-refractivity contribution < 1.29 is 24.5 Å². The summed E-state index contributed by atoms with van der Waals surface area (Å²) in [6.07, 6.45) is 2.26. The smallest absolute Gasteiger partial charge is 0.286 e. The number of hydrogen-bond donors (Lipinski definition) is 3. The van der Waals surface area contributed by atoms with E-state index in [1.54, 1.807) is 29.1 Å². The van der Waals surface area contributed by atoms with E-state index >= 15 is 0 Å². The van der Waals surface area contributed by atoms with Crippen molar-refractivity contribution in [3.8, 4) is 0 Å². The van der Waals surface area contributed by atoms with Crippen LogP contribution < -0.4 is 9.88 Å². The number of aromatic nitrogens is 1. The summed E-state index contributed by atoms with van der Waals surface area (Å²) in [7, 11) is 0. The highest BCUT2D eigenvalue weighted by atomic mass is 16.6. The van der Waals surface area contributed by atoms with Crippen molar-refractivity contribution in [1.29, 1.82) is 0 Å². The number of nitrogens with zero attached hydrogens (tertiary/aromatic N) is 2. The maximum Gasteiger partial charge on any atom is 0.286 e. The molecule has 1 aromatic carbocycles. The van der Waals surface area contributed by atoms with Crippen LogP contribution in [0.5, 0.6) is 0 Å². The van der Waals surface area contributed by atoms with Crippen molar-refractivity contribution in [2.45, 2.75) is 18.7 Å². The highest BCUT2D eigenvalue weighted by molar-refractivity contribution is 5.74. The summed E-state index contributed by atoms with van der Waals surface area (Å²) in [5, 5.41) is 32.9. The van der Waals surface area contributed by atoms with E-state index in [9.17, 15) is 25.1 Å². The van der Waals surface area contributed by atoms with Crippen molar-refractivity contribution in [3.05, 3.63) is 70.5 Å². The number of nitrogens with one attached hydrogen (secondary N) is 1. The SMILES string of the molecule is O=C(C[n+]1ccccc1)N[C@H](CO)[C@H](O)c1ccc([N+](=O)[O-])cc1. The zero-order valence-electron chi connectivity index (χ0n) is 12.8. The van der Waals surface area contributed by atoms with Crippen LogP contribution in [0.3, 0.4) is 0 Å². The van der Waals surface area contributed by atoms with E-state index in [1.165, 1.54) is 24.3 Å². The Bertz CT molecular complexity index is 691. The van der Waals surface area contributed by atoms with Gasteiger partial charge in [-0.1, -0.05) is 6.07 Å². The molecule has 1 heterocycles. The first kappa shape index (κ1) is 17.5. The number of amides is 1. The number of pyridine rings is 1. The first-order chi connectivity index (χ1) is 11.5. The van der Waals surface area contributed by atoms with Gasteiger partial charge in [0.1, 0.15) is 6.10 Å². The van der Waals surface area contributed by atoms with Crippen LogP contribution >= 0.6 is 0 Å². The molecular weight excluding hydrogens is 314 g/mol. The minimum absolute atomic E-state index is 0.0460. The Morgan fingerprint density at radius 3 is 2.38 bits per heavy atom. The molecule has 2 atom stereocenters. The number of rotatable bonds is 7. The molecule has 0 radical (unpaired) electrons. The lowest BCUT2D eigenvalue weighted by atomic mass is 10.0. The molecule has 0 bridgehead atoms. The van der Waals surface area contributed by atoms with Gasteiger partial charge in [0.15, 0.2) is 12.4 Å². The number of carbonyl (C=O) groups is 1. The van der Waals surface area contributed by atoms with Crippen LogP contribution in [0.25, 0.3) is 0 Å². The van der Waals surface area contributed by atoms with Crippen molar-refractivity contribution >= 4 is 11.6 Å². The molecule has 126 valence electrons. The van der Waals surface area contributed by atoms with Crippen molar-refractivity contribution in [2.24, 2.45) is 0 Å². The van der Waals surface area contributed by atoms with Gasteiger partial charge in [0.05, 0.1) is 17.6 Å². The molecule has 0 spiro atoms. The van der Waals surface area contributed by atoms with Crippen molar-refractivity contribution in [1.82, 2.24) is 5.32 Å². The number of aliphatic hydroxyl groups is 2. The lowest BCUT2D eigenvalue weighted by Gasteiger charge is -2.22. The quantitative estimate of drug-likeness (QED) is 0.377. The summed E-state index contributed by atoms with van der Waals surface area (Å²) in [5.74, 6) is -0.369. The molecule has 8 nitrogen and oxygen atoms in total. The Kier molecular flexibility index (Phi) is 5.94. The van der Waals surface area contributed by atoms with Gasteiger partial charge in [-0.05, 0) is 17.7 Å². The van der Waals surface area contributed by atoms with Gasteiger partial charge in [-0.15, -0.1) is 0 Å². The Labute approximate surface area is 138 Å². The third kappa shape index (κ3) is 4.58. The Morgan fingerprint density at radius 1 is 1.21 bits per heavy atom. The summed E-state index contributed by atoms with van der Waals surface area (Å²) in [6, 6.07) is 9.77. The minimum Gasteiger partial charge on any atom is -0.394 e. The number of aliphatic hydroxyl groups excluding tert-OH is 2. The van der Waals surface area contributed by atoms with E-state index in [0.29, 0.717) is 5.56 Å². The minimum atomic E-state index is -1.18. The molecule has 0 fully saturated rings. The Hall–Kier alpha value is -2.84. The summed E-state index contributed by atoms with van der Waals surface area (Å²) in [5.41, 5.74) is 0.267. The van der Waals surface area contributed by atoms with Gasteiger partial charge < -0.3 is 15.5 Å². The molecule has 0 aliphatic rings. The van der Waals surface area contributed by atoms with E-state index in [2.05, 4.69) is 5.32 Å². The van der Waals surface area contributed by atoms with Crippen LogP contribution in [0.4, 0.5) is 5.69 Å². The van der Waals surface area contributed by atoms with E-state index in [0.717, 1.165) is 0 Å². The lowest BCUT2D eigenvalue weighted by molar-refractivity contribution is -0.684. The summed E-state index contributed by atoms with van der Waals surface area (Å²) < 4.78 is 1.65. The first-order valence-electron chi connectivity index (χ1n) is 7.28. The second-order valence-electron chi connectivity index (χ2n) is 5.20. The molecule has 0 aliphatic carbocycles. The number of carbonyl (C=O) groups excluding carboxylic acids is 1. The number of nitro groups is 1.